The predicted molar refractivity (Wildman–Crippen MR) is 140 cm³/mol. The van der Waals surface area contributed by atoms with Gasteiger partial charge in [-0.1, -0.05) is 44.2 Å². The normalized spacial score (nSPS) is 23.5. The Morgan fingerprint density at radius 2 is 1.76 bits per heavy atom. The molecule has 38 heavy (non-hydrogen) atoms. The van der Waals surface area contributed by atoms with E-state index in [1.165, 1.54) is 17.0 Å². The topological polar surface area (TPSA) is 111 Å². The van der Waals surface area contributed by atoms with Crippen LogP contribution in [0.3, 0.4) is 0 Å². The number of hydrogen-bond acceptors (Lipinski definition) is 5. The third-order valence-electron chi connectivity index (χ3n) is 8.35. The van der Waals surface area contributed by atoms with Crippen LogP contribution in [0.1, 0.15) is 47.3 Å². The lowest BCUT2D eigenvalue weighted by molar-refractivity contribution is -0.120. The second kappa shape index (κ2) is 8.18. The molecule has 2 atom stereocenters. The Morgan fingerprint density at radius 3 is 2.39 bits per heavy atom. The summed E-state index contributed by atoms with van der Waals surface area (Å²) in [6.45, 7) is 4.72. The molecule has 190 valence electrons. The minimum Gasteiger partial charge on any atom is -0.478 e. The second-order valence-corrected chi connectivity index (χ2v) is 10.4. The van der Waals surface area contributed by atoms with Gasteiger partial charge in [-0.05, 0) is 59.9 Å². The second-order valence-electron chi connectivity index (χ2n) is 10.4. The fourth-order valence-corrected chi connectivity index (χ4v) is 6.53. The van der Waals surface area contributed by atoms with Gasteiger partial charge in [0.05, 0.1) is 46.2 Å². The third-order valence-corrected chi connectivity index (χ3v) is 8.35. The predicted octanol–water partition coefficient (Wildman–Crippen LogP) is 5.13. The monoisotopic (exact) mass is 507 g/mol. The van der Waals surface area contributed by atoms with Gasteiger partial charge in [-0.2, -0.15) is 5.26 Å². The molecule has 8 nitrogen and oxygen atoms in total. The van der Waals surface area contributed by atoms with E-state index in [9.17, 15) is 24.8 Å². The van der Waals surface area contributed by atoms with E-state index in [1.54, 1.807) is 23.1 Å². The van der Waals surface area contributed by atoms with Gasteiger partial charge in [0.1, 0.15) is 6.61 Å². The van der Waals surface area contributed by atoms with Gasteiger partial charge in [-0.25, -0.2) is 9.59 Å². The zero-order chi connectivity index (χ0) is 26.8. The van der Waals surface area contributed by atoms with Gasteiger partial charge in [0, 0.05) is 5.41 Å². The van der Waals surface area contributed by atoms with Crippen molar-refractivity contribution < 1.29 is 24.2 Å². The van der Waals surface area contributed by atoms with Gasteiger partial charge in [-0.3, -0.25) is 14.6 Å². The summed E-state index contributed by atoms with van der Waals surface area (Å²) in [5, 5.41) is 19.1. The Labute approximate surface area is 219 Å². The number of anilines is 3. The first-order chi connectivity index (χ1) is 18.2. The van der Waals surface area contributed by atoms with Gasteiger partial charge in [0.25, 0.3) is 0 Å². The minimum atomic E-state index is -1.16. The summed E-state index contributed by atoms with van der Waals surface area (Å²) in [4.78, 5) is 41.9. The number of nitrogens with zero attached hydrogens (tertiary/aromatic N) is 3. The summed E-state index contributed by atoms with van der Waals surface area (Å²) >= 11 is 0. The third kappa shape index (κ3) is 3.05. The highest BCUT2D eigenvalue weighted by atomic mass is 16.6. The van der Waals surface area contributed by atoms with Crippen molar-refractivity contribution in [1.29, 1.82) is 5.26 Å². The Balaban J connectivity index is 1.52. The van der Waals surface area contributed by atoms with E-state index in [4.69, 9.17) is 4.74 Å². The maximum Gasteiger partial charge on any atom is 0.414 e. The number of carboxylic acids is 1. The standard InChI is InChI=1S/C30H25N3O5/c1-18(2)29(21-9-7-19(16-31)8-10-21)17-30(29)24-5-3-4-6-25(24)33(27(30)36)23-14-20(26(34)35)13-22(15-23)32-11-12-38-28(32)37/h3-10,13-15,18H,11-12,17H2,1-2H3,(H,34,35)/t29-,30-/m1/s1. The average Bonchev–Trinajstić information content (AvgIpc) is 3.36. The van der Waals surface area contributed by atoms with Crippen molar-refractivity contribution >= 4 is 35.0 Å². The molecule has 6 rings (SSSR count). The number of hydrogen-bond donors (Lipinski definition) is 1. The molecule has 0 bridgehead atoms. The molecule has 0 radical (unpaired) electrons. The van der Waals surface area contributed by atoms with E-state index in [-0.39, 0.29) is 24.0 Å². The first-order valence-electron chi connectivity index (χ1n) is 12.5. The van der Waals surface area contributed by atoms with Crippen LogP contribution in [-0.2, 0) is 20.4 Å². The molecule has 2 fully saturated rings. The maximum absolute atomic E-state index is 14.6. The SMILES string of the molecule is CC(C)[C@@]1(c2ccc(C#N)cc2)C[C@@]12C(=O)N(c1cc(C(=O)O)cc(N3CCOC3=O)c1)c1ccccc12. The molecular formula is C30H25N3O5. The van der Waals surface area contributed by atoms with Gasteiger partial charge < -0.3 is 9.84 Å². The molecule has 0 aromatic heterocycles. The zero-order valence-corrected chi connectivity index (χ0v) is 21.0. The lowest BCUT2D eigenvalue weighted by atomic mass is 9.75. The van der Waals surface area contributed by atoms with E-state index in [2.05, 4.69) is 19.9 Å². The number of cyclic esters (lactones) is 1. The van der Waals surface area contributed by atoms with Crippen molar-refractivity contribution in [3.05, 3.63) is 89.0 Å². The smallest absolute Gasteiger partial charge is 0.414 e. The van der Waals surface area contributed by atoms with Crippen LogP contribution in [-0.4, -0.2) is 36.2 Å². The first-order valence-corrected chi connectivity index (χ1v) is 12.5. The van der Waals surface area contributed by atoms with Crippen molar-refractivity contribution in [3.63, 3.8) is 0 Å². The van der Waals surface area contributed by atoms with Gasteiger partial charge >= 0.3 is 12.1 Å². The van der Waals surface area contributed by atoms with Crippen molar-refractivity contribution in [2.24, 2.45) is 5.92 Å². The highest BCUT2D eigenvalue weighted by molar-refractivity contribution is 6.17. The van der Waals surface area contributed by atoms with Gasteiger partial charge in [0.2, 0.25) is 5.91 Å². The molecule has 1 spiro atoms. The summed E-state index contributed by atoms with van der Waals surface area (Å²) in [7, 11) is 0. The Hall–Kier alpha value is -4.64. The summed E-state index contributed by atoms with van der Waals surface area (Å²) < 4.78 is 5.06. The van der Waals surface area contributed by atoms with Crippen LogP contribution in [0.15, 0.2) is 66.7 Å². The molecule has 2 aliphatic heterocycles. The molecule has 1 saturated carbocycles. The number of carboxylic acid groups (broad SMARTS) is 1. The maximum atomic E-state index is 14.6. The number of nitriles is 1. The number of amides is 2. The molecule has 2 amide bonds. The van der Waals surface area contributed by atoms with Crippen LogP contribution < -0.4 is 9.80 Å². The van der Waals surface area contributed by atoms with E-state index in [0.717, 1.165) is 11.1 Å². The number of carbonyl (C=O) groups is 3. The van der Waals surface area contributed by atoms with Crippen LogP contribution >= 0.6 is 0 Å². The molecule has 1 saturated heterocycles. The number of aromatic carboxylic acids is 1. The van der Waals surface area contributed by atoms with Crippen LogP contribution in [0, 0.1) is 17.2 Å². The van der Waals surface area contributed by atoms with Gasteiger partial charge in [-0.15, -0.1) is 0 Å². The molecular weight excluding hydrogens is 482 g/mol. The van der Waals surface area contributed by atoms with E-state index in [0.29, 0.717) is 35.6 Å². The summed E-state index contributed by atoms with van der Waals surface area (Å²) in [5.41, 5.74) is 2.55. The first kappa shape index (κ1) is 23.7. The minimum absolute atomic E-state index is 0.0264. The molecule has 3 aromatic carbocycles. The van der Waals surface area contributed by atoms with Crippen LogP contribution in [0.25, 0.3) is 0 Å². The molecule has 3 aromatic rings. The molecule has 1 aliphatic carbocycles. The van der Waals surface area contributed by atoms with Crippen molar-refractivity contribution in [2.45, 2.75) is 31.1 Å². The molecule has 3 aliphatic rings. The number of benzene rings is 3. The van der Waals surface area contributed by atoms with Crippen LogP contribution in [0.4, 0.5) is 21.9 Å². The summed E-state index contributed by atoms with van der Waals surface area (Å²) in [6, 6.07) is 21.8. The zero-order valence-electron chi connectivity index (χ0n) is 21.0. The number of para-hydroxylation sites is 1. The van der Waals surface area contributed by atoms with Crippen molar-refractivity contribution in [1.82, 2.24) is 0 Å². The fraction of sp³-hybridized carbons (Fsp3) is 0.267. The number of ether oxygens (including phenoxy) is 1. The fourth-order valence-electron chi connectivity index (χ4n) is 6.53. The van der Waals surface area contributed by atoms with Gasteiger partial charge in [0.15, 0.2) is 0 Å². The highest BCUT2D eigenvalue weighted by Crippen LogP contribution is 2.73. The Kier molecular flexibility index (Phi) is 5.11. The highest BCUT2D eigenvalue weighted by Gasteiger charge is 2.77. The summed E-state index contributed by atoms with van der Waals surface area (Å²) in [6.07, 6.45) is 0.0461. The van der Waals surface area contributed by atoms with E-state index >= 15 is 0 Å². The van der Waals surface area contributed by atoms with E-state index < -0.39 is 22.9 Å². The average molecular weight is 508 g/mol. The molecule has 2 heterocycles. The number of carbonyl (C=O) groups excluding carboxylic acids is 2. The van der Waals surface area contributed by atoms with Crippen LogP contribution in [0.5, 0.6) is 0 Å². The number of fused-ring (bicyclic) bond motifs is 2. The van der Waals surface area contributed by atoms with Crippen molar-refractivity contribution in [2.75, 3.05) is 23.0 Å². The van der Waals surface area contributed by atoms with Crippen molar-refractivity contribution in [3.8, 4) is 6.07 Å². The Morgan fingerprint density at radius 1 is 1.05 bits per heavy atom. The Bertz CT molecular complexity index is 1560. The van der Waals surface area contributed by atoms with Crippen LogP contribution in [0.2, 0.25) is 0 Å². The van der Waals surface area contributed by atoms with E-state index in [1.807, 2.05) is 36.4 Å². The lowest BCUT2D eigenvalue weighted by Gasteiger charge is -2.27. The molecule has 8 heteroatoms. The number of rotatable bonds is 5. The largest absolute Gasteiger partial charge is 0.478 e. The molecule has 1 N–H and O–H groups in total. The summed E-state index contributed by atoms with van der Waals surface area (Å²) in [5.74, 6) is -1.18. The lowest BCUT2D eigenvalue weighted by Crippen LogP contribution is -2.36. The quantitative estimate of drug-likeness (QED) is 0.513. The molecule has 0 unspecified atom stereocenters.